The molecule has 0 aromatic heterocycles. The quantitative estimate of drug-likeness (QED) is 0.481. The fourth-order valence-electron chi connectivity index (χ4n) is 1.28. The van der Waals surface area contributed by atoms with Crippen LogP contribution >= 0.6 is 0 Å². The Kier molecular flexibility index (Phi) is 7.17. The fraction of sp³-hybridized carbons (Fsp3) is 0.750. The van der Waals surface area contributed by atoms with Gasteiger partial charge < -0.3 is 4.74 Å². The Bertz CT molecular complexity index is 184. The van der Waals surface area contributed by atoms with Crippen molar-refractivity contribution in [2.75, 3.05) is 0 Å². The van der Waals surface area contributed by atoms with Gasteiger partial charge in [-0.2, -0.15) is 0 Å². The zero-order valence-electron chi connectivity index (χ0n) is 9.80. The maximum atomic E-state index is 11.5. The van der Waals surface area contributed by atoms with Gasteiger partial charge in [0.2, 0.25) is 0 Å². The van der Waals surface area contributed by atoms with Gasteiger partial charge in [-0.15, -0.1) is 0 Å². The van der Waals surface area contributed by atoms with E-state index in [4.69, 9.17) is 4.74 Å². The van der Waals surface area contributed by atoms with Crippen LogP contribution in [0, 0.1) is 5.92 Å². The molecule has 0 aromatic rings. The predicted molar refractivity (Wildman–Crippen MR) is 58.8 cm³/mol. The van der Waals surface area contributed by atoms with E-state index in [0.29, 0.717) is 0 Å². The van der Waals surface area contributed by atoms with Gasteiger partial charge in [-0.25, -0.2) is 0 Å². The summed E-state index contributed by atoms with van der Waals surface area (Å²) in [5, 5.41) is 0. The maximum absolute atomic E-state index is 11.5. The summed E-state index contributed by atoms with van der Waals surface area (Å²) in [5.74, 6) is -0.0318. The van der Waals surface area contributed by atoms with Crippen LogP contribution in [0.5, 0.6) is 0 Å². The lowest BCUT2D eigenvalue weighted by molar-refractivity contribution is -0.143. The number of hydrogen-bond acceptors (Lipinski definition) is 2. The van der Waals surface area contributed by atoms with Crippen LogP contribution in [0.2, 0.25) is 0 Å². The highest BCUT2D eigenvalue weighted by molar-refractivity contribution is 5.72. The molecule has 0 radical (unpaired) electrons. The van der Waals surface area contributed by atoms with Crippen molar-refractivity contribution >= 4 is 5.97 Å². The summed E-state index contributed by atoms with van der Waals surface area (Å²) in [4.78, 5) is 11.5. The summed E-state index contributed by atoms with van der Waals surface area (Å²) in [6.07, 6.45) is 5.24. The molecular weight excluding hydrogens is 176 g/mol. The molecule has 0 unspecified atom stereocenters. The number of esters is 1. The molecule has 2 nitrogen and oxygen atoms in total. The van der Waals surface area contributed by atoms with E-state index in [2.05, 4.69) is 13.8 Å². The van der Waals surface area contributed by atoms with Gasteiger partial charge >= 0.3 is 5.97 Å². The Labute approximate surface area is 87.3 Å². The molecule has 0 fully saturated rings. The number of carbonyl (C=O) groups is 1. The van der Waals surface area contributed by atoms with Crippen molar-refractivity contribution in [2.45, 2.75) is 53.4 Å². The van der Waals surface area contributed by atoms with Gasteiger partial charge in [-0.1, -0.05) is 27.7 Å². The molecule has 0 rings (SSSR count). The molecular formula is C12H22O2. The first-order valence-electron chi connectivity index (χ1n) is 5.57. The fourth-order valence-corrected chi connectivity index (χ4v) is 1.28. The molecule has 14 heavy (non-hydrogen) atoms. The topological polar surface area (TPSA) is 26.3 Å². The Balaban J connectivity index is 4.11. The maximum Gasteiger partial charge on any atom is 0.313 e. The molecule has 0 atom stereocenters. The molecule has 0 aliphatic heterocycles. The minimum absolute atomic E-state index is 0.0567. The van der Waals surface area contributed by atoms with Crippen molar-refractivity contribution in [3.8, 4) is 0 Å². The predicted octanol–water partition coefficient (Wildman–Crippen LogP) is 3.67. The van der Waals surface area contributed by atoms with E-state index in [1.165, 1.54) is 5.57 Å². The highest BCUT2D eigenvalue weighted by atomic mass is 16.5. The molecule has 0 saturated heterocycles. The van der Waals surface area contributed by atoms with Gasteiger partial charge in [0.05, 0.1) is 12.2 Å². The number of rotatable bonds is 6. The van der Waals surface area contributed by atoms with Crippen LogP contribution < -0.4 is 0 Å². The first-order chi connectivity index (χ1) is 6.69. The molecule has 0 N–H and O–H groups in total. The van der Waals surface area contributed by atoms with Crippen LogP contribution in [0.15, 0.2) is 11.8 Å². The number of hydrogen-bond donors (Lipinski definition) is 0. The van der Waals surface area contributed by atoms with Gasteiger partial charge in [0.25, 0.3) is 0 Å². The van der Waals surface area contributed by atoms with Gasteiger partial charge in [0, 0.05) is 0 Å². The van der Waals surface area contributed by atoms with Crippen molar-refractivity contribution in [1.29, 1.82) is 0 Å². The molecule has 0 aromatic carbocycles. The molecule has 2 heteroatoms. The zero-order chi connectivity index (χ0) is 11.0. The number of ether oxygens (including phenoxy) is 1. The average Bonchev–Trinajstić information content (AvgIpc) is 2.21. The molecule has 0 saturated carbocycles. The van der Waals surface area contributed by atoms with E-state index < -0.39 is 0 Å². The Morgan fingerprint density at radius 3 is 2.00 bits per heavy atom. The lowest BCUT2D eigenvalue weighted by Crippen LogP contribution is -2.13. The normalized spacial score (nSPS) is 10.1. The highest BCUT2D eigenvalue weighted by Gasteiger charge is 2.14. The van der Waals surface area contributed by atoms with E-state index in [-0.39, 0.29) is 11.9 Å². The Morgan fingerprint density at radius 1 is 1.14 bits per heavy atom. The van der Waals surface area contributed by atoms with Crippen molar-refractivity contribution in [3.63, 3.8) is 0 Å². The third-order valence-electron chi connectivity index (χ3n) is 2.57. The molecule has 0 amide bonds. The average molecular weight is 198 g/mol. The van der Waals surface area contributed by atoms with Gasteiger partial charge in [0.15, 0.2) is 0 Å². The summed E-state index contributed by atoms with van der Waals surface area (Å²) in [6, 6.07) is 0. The molecule has 82 valence electrons. The molecule has 0 bridgehead atoms. The van der Waals surface area contributed by atoms with Crippen molar-refractivity contribution < 1.29 is 9.53 Å². The minimum atomic E-state index is -0.0885. The summed E-state index contributed by atoms with van der Waals surface area (Å²) >= 11 is 0. The standard InChI is InChI=1S/C12H22O2/c1-5-10(6-2)9-14-12(13)11(7-3)8-4/h9,11H,5-8H2,1-4H3. The summed E-state index contributed by atoms with van der Waals surface area (Å²) in [6.45, 7) is 8.17. The lowest BCUT2D eigenvalue weighted by Gasteiger charge is -2.09. The summed E-state index contributed by atoms with van der Waals surface area (Å²) in [5.41, 5.74) is 1.18. The van der Waals surface area contributed by atoms with Crippen molar-refractivity contribution in [2.24, 2.45) is 5.92 Å². The summed E-state index contributed by atoms with van der Waals surface area (Å²) < 4.78 is 5.13. The van der Waals surface area contributed by atoms with Crippen LogP contribution in [0.4, 0.5) is 0 Å². The number of allylic oxidation sites excluding steroid dienone is 1. The first kappa shape index (κ1) is 13.2. The van der Waals surface area contributed by atoms with Crippen LogP contribution in [0.25, 0.3) is 0 Å². The Hall–Kier alpha value is -0.790. The van der Waals surface area contributed by atoms with Crippen LogP contribution in [-0.2, 0) is 9.53 Å². The molecule has 0 aliphatic carbocycles. The smallest absolute Gasteiger partial charge is 0.313 e. The van der Waals surface area contributed by atoms with Gasteiger partial charge in [-0.05, 0) is 31.3 Å². The van der Waals surface area contributed by atoms with E-state index in [1.54, 1.807) is 6.26 Å². The van der Waals surface area contributed by atoms with Crippen LogP contribution in [-0.4, -0.2) is 5.97 Å². The minimum Gasteiger partial charge on any atom is -0.434 e. The second-order valence-corrected chi connectivity index (χ2v) is 3.43. The van der Waals surface area contributed by atoms with Gasteiger partial charge in [0.1, 0.15) is 0 Å². The van der Waals surface area contributed by atoms with E-state index in [0.717, 1.165) is 25.7 Å². The largest absolute Gasteiger partial charge is 0.434 e. The van der Waals surface area contributed by atoms with Crippen LogP contribution in [0.3, 0.4) is 0 Å². The first-order valence-corrected chi connectivity index (χ1v) is 5.57. The van der Waals surface area contributed by atoms with E-state index >= 15 is 0 Å². The third kappa shape index (κ3) is 4.45. The van der Waals surface area contributed by atoms with Crippen molar-refractivity contribution in [3.05, 3.63) is 11.8 Å². The van der Waals surface area contributed by atoms with Crippen molar-refractivity contribution in [1.82, 2.24) is 0 Å². The molecule has 0 heterocycles. The molecule has 0 spiro atoms. The summed E-state index contributed by atoms with van der Waals surface area (Å²) in [7, 11) is 0. The SMILES string of the molecule is CCC(=COC(=O)C(CC)CC)CC. The zero-order valence-corrected chi connectivity index (χ0v) is 9.80. The Morgan fingerprint density at radius 2 is 1.64 bits per heavy atom. The van der Waals surface area contributed by atoms with Gasteiger partial charge in [-0.3, -0.25) is 4.79 Å². The molecule has 0 aliphatic rings. The number of carbonyl (C=O) groups excluding carboxylic acids is 1. The van der Waals surface area contributed by atoms with E-state index in [1.807, 2.05) is 13.8 Å². The highest BCUT2D eigenvalue weighted by Crippen LogP contribution is 2.12. The van der Waals surface area contributed by atoms with Crippen LogP contribution in [0.1, 0.15) is 53.4 Å². The second kappa shape index (κ2) is 7.60. The lowest BCUT2D eigenvalue weighted by atomic mass is 10.0. The second-order valence-electron chi connectivity index (χ2n) is 3.43. The third-order valence-corrected chi connectivity index (χ3v) is 2.57. The van der Waals surface area contributed by atoms with E-state index in [9.17, 15) is 4.79 Å². The monoisotopic (exact) mass is 198 g/mol.